The van der Waals surface area contributed by atoms with Gasteiger partial charge in [0, 0.05) is 55.5 Å². The fourth-order valence-electron chi connectivity index (χ4n) is 2.87. The molecule has 0 aliphatic heterocycles. The minimum Gasteiger partial charge on any atom is -0.457 e. The Labute approximate surface area is 218 Å². The Morgan fingerprint density at radius 3 is 2.46 bits per heavy atom. The summed E-state index contributed by atoms with van der Waals surface area (Å²) < 4.78 is 5.87. The van der Waals surface area contributed by atoms with Crippen molar-refractivity contribution < 1.29 is 14.3 Å². The van der Waals surface area contributed by atoms with Crippen LogP contribution in [-0.4, -0.2) is 35.5 Å². The van der Waals surface area contributed by atoms with Gasteiger partial charge in [0.15, 0.2) is 0 Å². The number of carbonyl (C=O) groups is 2. The maximum absolute atomic E-state index is 12.6. The van der Waals surface area contributed by atoms with Crippen LogP contribution in [0.5, 0.6) is 11.5 Å². The summed E-state index contributed by atoms with van der Waals surface area (Å²) in [4.78, 5) is 34.9. The molecule has 9 nitrogen and oxygen atoms in total. The van der Waals surface area contributed by atoms with E-state index >= 15 is 0 Å². The molecule has 0 bridgehead atoms. The number of allylic oxidation sites excluding steroid dienone is 2. The molecule has 2 amide bonds. The van der Waals surface area contributed by atoms with Gasteiger partial charge >= 0.3 is 0 Å². The van der Waals surface area contributed by atoms with Crippen LogP contribution in [0.25, 0.3) is 0 Å². The topological polar surface area (TPSA) is 132 Å². The first-order valence-corrected chi connectivity index (χ1v) is 11.8. The first kappa shape index (κ1) is 30.5. The SMILES string of the molecule is C/C=C(/C)C=NC.CC.Cc1c(Oc2cc(N)nc(NC=O)c2)cccc1C(=O)NCc1ccncc1. The van der Waals surface area contributed by atoms with Gasteiger partial charge < -0.3 is 21.1 Å². The number of rotatable bonds is 8. The highest BCUT2D eigenvalue weighted by Gasteiger charge is 2.13. The van der Waals surface area contributed by atoms with Gasteiger partial charge in [-0.25, -0.2) is 4.98 Å². The van der Waals surface area contributed by atoms with Crippen LogP contribution in [0.2, 0.25) is 0 Å². The maximum atomic E-state index is 12.6. The zero-order valence-corrected chi connectivity index (χ0v) is 22.3. The van der Waals surface area contributed by atoms with E-state index in [-0.39, 0.29) is 17.5 Å². The molecule has 0 atom stereocenters. The molecule has 0 unspecified atom stereocenters. The van der Waals surface area contributed by atoms with Crippen molar-refractivity contribution in [2.45, 2.75) is 41.2 Å². The Kier molecular flexibility index (Phi) is 14.0. The van der Waals surface area contributed by atoms with Crippen molar-refractivity contribution in [3.63, 3.8) is 0 Å². The first-order chi connectivity index (χ1) is 17.9. The van der Waals surface area contributed by atoms with E-state index in [9.17, 15) is 9.59 Å². The number of nitrogen functional groups attached to an aromatic ring is 1. The molecule has 2 aromatic heterocycles. The number of pyridine rings is 2. The molecule has 0 aliphatic rings. The molecule has 0 saturated heterocycles. The fraction of sp³-hybridized carbons (Fsp3) is 0.250. The van der Waals surface area contributed by atoms with Crippen molar-refractivity contribution in [2.75, 3.05) is 18.1 Å². The van der Waals surface area contributed by atoms with E-state index < -0.39 is 0 Å². The van der Waals surface area contributed by atoms with E-state index in [4.69, 9.17) is 10.5 Å². The number of ether oxygens (including phenoxy) is 1. The minimum atomic E-state index is -0.211. The lowest BCUT2D eigenvalue weighted by Gasteiger charge is -2.13. The van der Waals surface area contributed by atoms with Gasteiger partial charge in [-0.05, 0) is 56.2 Å². The van der Waals surface area contributed by atoms with Crippen molar-refractivity contribution in [2.24, 2.45) is 4.99 Å². The van der Waals surface area contributed by atoms with Crippen LogP contribution in [0.1, 0.15) is 49.2 Å². The minimum absolute atomic E-state index is 0.200. The summed E-state index contributed by atoms with van der Waals surface area (Å²) in [5.74, 6) is 1.16. The molecule has 0 radical (unpaired) electrons. The number of nitrogens with one attached hydrogen (secondary N) is 2. The van der Waals surface area contributed by atoms with Crippen molar-refractivity contribution in [3.05, 3.63) is 83.2 Å². The number of aromatic nitrogens is 2. The third-order valence-corrected chi connectivity index (χ3v) is 4.77. The number of amides is 2. The Morgan fingerprint density at radius 1 is 1.16 bits per heavy atom. The lowest BCUT2D eigenvalue weighted by atomic mass is 10.1. The van der Waals surface area contributed by atoms with Gasteiger partial charge in [0.25, 0.3) is 5.91 Å². The Morgan fingerprint density at radius 2 is 1.86 bits per heavy atom. The van der Waals surface area contributed by atoms with Crippen molar-refractivity contribution >= 4 is 30.2 Å². The normalized spacial score (nSPS) is 10.4. The highest BCUT2D eigenvalue weighted by molar-refractivity contribution is 5.96. The maximum Gasteiger partial charge on any atom is 0.251 e. The zero-order valence-electron chi connectivity index (χ0n) is 22.3. The fourth-order valence-corrected chi connectivity index (χ4v) is 2.87. The zero-order chi connectivity index (χ0) is 27.6. The van der Waals surface area contributed by atoms with Gasteiger partial charge in [0.05, 0.1) is 0 Å². The van der Waals surface area contributed by atoms with Crippen molar-refractivity contribution in [1.29, 1.82) is 0 Å². The number of nitrogens with zero attached hydrogens (tertiary/aromatic N) is 3. The lowest BCUT2D eigenvalue weighted by Crippen LogP contribution is -2.23. The summed E-state index contributed by atoms with van der Waals surface area (Å²) in [6.07, 6.45) is 7.71. The third kappa shape index (κ3) is 10.7. The summed E-state index contributed by atoms with van der Waals surface area (Å²) in [5, 5.41) is 5.31. The molecule has 0 fully saturated rings. The van der Waals surface area contributed by atoms with E-state index in [0.717, 1.165) is 5.56 Å². The number of hydrogen-bond donors (Lipinski definition) is 3. The molecule has 196 valence electrons. The Hall–Kier alpha value is -4.53. The number of anilines is 2. The second-order valence-corrected chi connectivity index (χ2v) is 7.36. The van der Waals surface area contributed by atoms with Crippen LogP contribution in [0.15, 0.2) is 71.5 Å². The van der Waals surface area contributed by atoms with Gasteiger partial charge in [-0.3, -0.25) is 19.6 Å². The molecule has 37 heavy (non-hydrogen) atoms. The Balaban J connectivity index is 0.000000659. The molecule has 0 spiro atoms. The molecule has 9 heteroatoms. The van der Waals surface area contributed by atoms with E-state index in [1.807, 2.05) is 52.1 Å². The molecule has 4 N–H and O–H groups in total. The second kappa shape index (κ2) is 17.0. The van der Waals surface area contributed by atoms with Crippen LogP contribution in [0.3, 0.4) is 0 Å². The van der Waals surface area contributed by atoms with E-state index in [1.165, 1.54) is 11.6 Å². The van der Waals surface area contributed by atoms with E-state index in [1.54, 1.807) is 50.6 Å². The standard InChI is InChI=1S/C20H19N5O3.C6H11N.C2H6/c1-13-16(20(27)23-11-14-5-7-22-8-6-14)3-2-4-17(13)28-15-9-18(21)25-19(10-15)24-12-26;1-4-6(2)5-7-3;1-2/h2-10,12H,11H2,1H3,(H,23,27)(H3,21,24,25,26);4-5H,1-3H3;1-2H3/b;6-4-,7-5?;. The van der Waals surface area contributed by atoms with Crippen LogP contribution < -0.4 is 21.1 Å². The number of carbonyl (C=O) groups excluding carboxylic acids is 2. The molecule has 0 saturated carbocycles. The smallest absolute Gasteiger partial charge is 0.251 e. The average molecular weight is 505 g/mol. The second-order valence-electron chi connectivity index (χ2n) is 7.36. The van der Waals surface area contributed by atoms with Gasteiger partial charge in [-0.15, -0.1) is 0 Å². The summed E-state index contributed by atoms with van der Waals surface area (Å²) in [6.45, 7) is 10.2. The largest absolute Gasteiger partial charge is 0.457 e. The summed E-state index contributed by atoms with van der Waals surface area (Å²) in [6, 6.07) is 12.0. The molecule has 1 aromatic carbocycles. The predicted octanol–water partition coefficient (Wildman–Crippen LogP) is 5.34. The highest BCUT2D eigenvalue weighted by Crippen LogP contribution is 2.29. The van der Waals surface area contributed by atoms with E-state index in [0.29, 0.717) is 35.6 Å². The first-order valence-electron chi connectivity index (χ1n) is 11.8. The van der Waals surface area contributed by atoms with Crippen LogP contribution >= 0.6 is 0 Å². The Bertz CT molecular complexity index is 1190. The summed E-state index contributed by atoms with van der Waals surface area (Å²) in [7, 11) is 1.77. The highest BCUT2D eigenvalue weighted by atomic mass is 16.5. The van der Waals surface area contributed by atoms with Gasteiger partial charge in [-0.1, -0.05) is 26.0 Å². The summed E-state index contributed by atoms with van der Waals surface area (Å²) >= 11 is 0. The third-order valence-electron chi connectivity index (χ3n) is 4.77. The van der Waals surface area contributed by atoms with Crippen LogP contribution in [0.4, 0.5) is 11.6 Å². The quantitative estimate of drug-likeness (QED) is 0.280. The number of hydrogen-bond acceptors (Lipinski definition) is 7. The predicted molar refractivity (Wildman–Crippen MR) is 150 cm³/mol. The molecule has 3 rings (SSSR count). The van der Waals surface area contributed by atoms with Crippen molar-refractivity contribution in [3.8, 4) is 11.5 Å². The lowest BCUT2D eigenvalue weighted by molar-refractivity contribution is -0.105. The van der Waals surface area contributed by atoms with Gasteiger partial charge in [0.2, 0.25) is 6.41 Å². The molecule has 2 heterocycles. The van der Waals surface area contributed by atoms with Gasteiger partial charge in [0.1, 0.15) is 23.1 Å². The monoisotopic (exact) mass is 504 g/mol. The van der Waals surface area contributed by atoms with E-state index in [2.05, 4.69) is 25.6 Å². The molecular weight excluding hydrogens is 468 g/mol. The molecule has 3 aromatic rings. The molecule has 0 aliphatic carbocycles. The molecular formula is C28H36N6O3. The van der Waals surface area contributed by atoms with Crippen molar-refractivity contribution in [1.82, 2.24) is 15.3 Å². The van der Waals surface area contributed by atoms with Crippen LogP contribution in [0, 0.1) is 6.92 Å². The summed E-state index contributed by atoms with van der Waals surface area (Å²) in [5.41, 5.74) is 9.08. The van der Waals surface area contributed by atoms with Gasteiger partial charge in [-0.2, -0.15) is 0 Å². The average Bonchev–Trinajstić information content (AvgIpc) is 2.90. The number of nitrogens with two attached hydrogens (primary N) is 1. The van der Waals surface area contributed by atoms with Crippen LogP contribution in [-0.2, 0) is 11.3 Å². The number of aliphatic imine (C=N–C) groups is 1. The number of benzene rings is 1.